The second kappa shape index (κ2) is 48.3. The Morgan fingerprint density at radius 2 is 0.831 bits per heavy atom. The van der Waals surface area contributed by atoms with Crippen LogP contribution < -0.4 is 10.2 Å². The number of nitrogens with zero attached hydrogens (tertiary/aromatic N) is 1. The number of nitrogens with one attached hydrogen (secondary N) is 1. The number of carbonyl (C=O) groups excluding carboxylic acids is 1. The van der Waals surface area contributed by atoms with Gasteiger partial charge in [0.2, 0.25) is 5.91 Å². The molecule has 388 valence electrons. The Morgan fingerprint density at radius 1 is 0.523 bits per heavy atom. The summed E-state index contributed by atoms with van der Waals surface area (Å²) in [5.74, 6) is -0.190. The number of quaternary nitrogens is 1. The number of unbranched alkanes of at least 4 members (excludes halogenated alkanes) is 40. The topological polar surface area (TPSA) is 108 Å². The highest BCUT2D eigenvalue weighted by Crippen LogP contribution is 2.38. The van der Waals surface area contributed by atoms with Crippen LogP contribution in [0.5, 0.6) is 0 Å². The summed E-state index contributed by atoms with van der Waals surface area (Å²) in [5, 5.41) is 13.9. The van der Waals surface area contributed by atoms with Crippen LogP contribution in [0.1, 0.15) is 290 Å². The van der Waals surface area contributed by atoms with Crippen molar-refractivity contribution in [2.45, 2.75) is 302 Å². The Hall–Kier alpha value is -0.760. The summed E-state index contributed by atoms with van der Waals surface area (Å²) in [6, 6.07) is -0.881. The normalized spacial score (nSPS) is 14.0. The van der Waals surface area contributed by atoms with Crippen LogP contribution in [-0.2, 0) is 18.4 Å². The van der Waals surface area contributed by atoms with E-state index in [1.165, 1.54) is 231 Å². The van der Waals surface area contributed by atoms with Crippen molar-refractivity contribution >= 4 is 13.7 Å². The van der Waals surface area contributed by atoms with Crippen molar-refractivity contribution in [1.82, 2.24) is 5.32 Å². The van der Waals surface area contributed by atoms with E-state index in [9.17, 15) is 19.4 Å². The van der Waals surface area contributed by atoms with Crippen LogP contribution >= 0.6 is 7.82 Å². The molecular formula is C56H113N2O6P. The van der Waals surface area contributed by atoms with Crippen LogP contribution in [0.25, 0.3) is 0 Å². The molecule has 0 radical (unpaired) electrons. The molecule has 9 heteroatoms. The van der Waals surface area contributed by atoms with Gasteiger partial charge in [-0.15, -0.1) is 0 Å². The fourth-order valence-corrected chi connectivity index (χ4v) is 9.47. The van der Waals surface area contributed by atoms with Gasteiger partial charge < -0.3 is 28.8 Å². The molecule has 0 aliphatic heterocycles. The molecule has 3 atom stereocenters. The van der Waals surface area contributed by atoms with Gasteiger partial charge in [-0.05, 0) is 19.3 Å². The maximum absolute atomic E-state index is 13.0. The summed E-state index contributed by atoms with van der Waals surface area (Å²) in [4.78, 5) is 25.5. The molecule has 2 N–H and O–H groups in total. The van der Waals surface area contributed by atoms with E-state index in [1.807, 2.05) is 27.2 Å². The van der Waals surface area contributed by atoms with Crippen molar-refractivity contribution in [3.05, 3.63) is 12.2 Å². The van der Waals surface area contributed by atoms with E-state index in [4.69, 9.17) is 9.05 Å². The molecular weight excluding hydrogens is 828 g/mol. The van der Waals surface area contributed by atoms with Crippen LogP contribution in [0.2, 0.25) is 0 Å². The quantitative estimate of drug-likeness (QED) is 0.0272. The zero-order chi connectivity index (χ0) is 47.8. The summed E-state index contributed by atoms with van der Waals surface area (Å²) >= 11 is 0. The van der Waals surface area contributed by atoms with Gasteiger partial charge in [0.25, 0.3) is 7.82 Å². The SMILES string of the molecule is CCCCCCCCCCCCCCCCC/C=C/[C@@H](O)[C@H](COP(=O)([O-])OCC[N+](C)(C)C)NC(=O)CCCCCCCCCCCCCCCCCCCCCCCCCCCC. The van der Waals surface area contributed by atoms with E-state index in [2.05, 4.69) is 19.2 Å². The van der Waals surface area contributed by atoms with Gasteiger partial charge in [-0.2, -0.15) is 0 Å². The number of hydrogen-bond donors (Lipinski definition) is 2. The predicted octanol–water partition coefficient (Wildman–Crippen LogP) is 16.4. The average Bonchev–Trinajstić information content (AvgIpc) is 3.26. The monoisotopic (exact) mass is 941 g/mol. The van der Waals surface area contributed by atoms with Crippen LogP contribution in [0.4, 0.5) is 0 Å². The summed E-state index contributed by atoms with van der Waals surface area (Å²) in [7, 11) is 1.28. The number of carbonyl (C=O) groups is 1. The second-order valence-corrected chi connectivity index (χ2v) is 22.4. The third-order valence-corrected chi connectivity index (χ3v) is 14.2. The molecule has 0 aliphatic carbocycles. The highest BCUT2D eigenvalue weighted by molar-refractivity contribution is 7.45. The molecule has 0 saturated heterocycles. The number of allylic oxidation sites excluding steroid dienone is 1. The third kappa shape index (κ3) is 50.9. The number of hydrogen-bond acceptors (Lipinski definition) is 6. The number of aliphatic hydroxyl groups excluding tert-OH is 1. The van der Waals surface area contributed by atoms with E-state index in [0.717, 1.165) is 38.5 Å². The molecule has 8 nitrogen and oxygen atoms in total. The lowest BCUT2D eigenvalue weighted by Gasteiger charge is -2.29. The third-order valence-electron chi connectivity index (χ3n) is 13.2. The van der Waals surface area contributed by atoms with Crippen LogP contribution in [0.15, 0.2) is 12.2 Å². The van der Waals surface area contributed by atoms with Crippen molar-refractivity contribution in [2.24, 2.45) is 0 Å². The summed E-state index contributed by atoms with van der Waals surface area (Å²) < 4.78 is 23.3. The van der Waals surface area contributed by atoms with E-state index in [-0.39, 0.29) is 19.1 Å². The number of aliphatic hydroxyl groups is 1. The van der Waals surface area contributed by atoms with Gasteiger partial charge in [0, 0.05) is 6.42 Å². The van der Waals surface area contributed by atoms with E-state index in [1.54, 1.807) is 6.08 Å². The molecule has 0 aromatic rings. The van der Waals surface area contributed by atoms with Crippen LogP contribution in [0.3, 0.4) is 0 Å². The molecule has 0 bridgehead atoms. The number of likely N-dealkylation sites (N-methyl/N-ethyl adjacent to an activating group) is 1. The number of phosphoric ester groups is 1. The molecule has 0 aromatic carbocycles. The van der Waals surface area contributed by atoms with Gasteiger partial charge >= 0.3 is 0 Å². The summed E-state index contributed by atoms with van der Waals surface area (Å²) in [6.45, 7) is 4.70. The predicted molar refractivity (Wildman–Crippen MR) is 279 cm³/mol. The molecule has 0 aromatic heterocycles. The highest BCUT2D eigenvalue weighted by Gasteiger charge is 2.23. The molecule has 0 heterocycles. The van der Waals surface area contributed by atoms with Gasteiger partial charge in [-0.3, -0.25) is 9.36 Å². The Balaban J connectivity index is 4.13. The van der Waals surface area contributed by atoms with Gasteiger partial charge in [0.1, 0.15) is 13.2 Å². The standard InChI is InChI=1S/C56H113N2O6P/c1-6-8-10-12-14-16-18-20-22-24-25-26-27-28-29-30-31-32-34-36-38-40-42-44-46-48-50-56(60)57-54(53-64-65(61,62)63-52-51-58(3,4)5)55(59)49-47-45-43-41-39-37-35-33-23-21-19-17-15-13-11-9-7-2/h47,49,54-55,59H,6-46,48,50-53H2,1-5H3,(H-,57,60,61,62)/b49-47+/t54-,55+/m0/s1. The fourth-order valence-electron chi connectivity index (χ4n) is 8.74. The lowest BCUT2D eigenvalue weighted by Crippen LogP contribution is -2.45. The van der Waals surface area contributed by atoms with Gasteiger partial charge in [0.15, 0.2) is 0 Å². The lowest BCUT2D eigenvalue weighted by molar-refractivity contribution is -0.870. The molecule has 1 unspecified atom stereocenters. The Bertz CT molecular complexity index is 1070. The number of rotatable bonds is 53. The first-order valence-corrected chi connectivity index (χ1v) is 30.0. The molecule has 0 rings (SSSR count). The lowest BCUT2D eigenvalue weighted by atomic mass is 10.0. The molecule has 1 amide bonds. The average molecular weight is 942 g/mol. The minimum Gasteiger partial charge on any atom is -0.756 e. The largest absolute Gasteiger partial charge is 0.756 e. The Kier molecular flexibility index (Phi) is 47.7. The Labute approximate surface area is 405 Å². The summed E-state index contributed by atoms with van der Waals surface area (Å²) in [5.41, 5.74) is 0. The van der Waals surface area contributed by atoms with Crippen molar-refractivity contribution in [3.63, 3.8) is 0 Å². The maximum Gasteiger partial charge on any atom is 0.268 e. The Morgan fingerprint density at radius 3 is 1.15 bits per heavy atom. The highest BCUT2D eigenvalue weighted by atomic mass is 31.2. The van der Waals surface area contributed by atoms with Crippen LogP contribution in [0, 0.1) is 0 Å². The smallest absolute Gasteiger partial charge is 0.268 e. The van der Waals surface area contributed by atoms with Gasteiger partial charge in [0.05, 0.1) is 39.9 Å². The van der Waals surface area contributed by atoms with E-state index in [0.29, 0.717) is 17.4 Å². The molecule has 0 aliphatic rings. The number of amides is 1. The minimum absolute atomic E-state index is 0.00260. The maximum atomic E-state index is 13.0. The molecule has 0 saturated carbocycles. The molecule has 0 spiro atoms. The first-order valence-electron chi connectivity index (χ1n) is 28.6. The zero-order valence-electron chi connectivity index (χ0n) is 44.2. The molecule has 65 heavy (non-hydrogen) atoms. The van der Waals surface area contributed by atoms with Crippen LogP contribution in [-0.4, -0.2) is 68.5 Å². The van der Waals surface area contributed by atoms with Crippen molar-refractivity contribution in [1.29, 1.82) is 0 Å². The first kappa shape index (κ1) is 64.2. The first-order chi connectivity index (χ1) is 31.5. The van der Waals surface area contributed by atoms with E-state index >= 15 is 0 Å². The van der Waals surface area contributed by atoms with Crippen molar-refractivity contribution in [3.8, 4) is 0 Å². The van der Waals surface area contributed by atoms with E-state index < -0.39 is 20.0 Å². The second-order valence-electron chi connectivity index (χ2n) is 21.0. The van der Waals surface area contributed by atoms with Gasteiger partial charge in [-0.1, -0.05) is 276 Å². The van der Waals surface area contributed by atoms with Gasteiger partial charge in [-0.25, -0.2) is 0 Å². The molecule has 0 fully saturated rings. The summed E-state index contributed by atoms with van der Waals surface area (Å²) in [6.07, 6.45) is 58.6. The number of phosphoric acid groups is 1. The van der Waals surface area contributed by atoms with Crippen molar-refractivity contribution in [2.75, 3.05) is 40.9 Å². The van der Waals surface area contributed by atoms with Crippen molar-refractivity contribution < 1.29 is 32.9 Å². The fraction of sp³-hybridized carbons (Fsp3) is 0.946. The minimum atomic E-state index is -4.59. The zero-order valence-corrected chi connectivity index (χ0v) is 45.1.